The Bertz CT molecular complexity index is 809. The average Bonchev–Trinajstić information content (AvgIpc) is 3.12. The van der Waals surface area contributed by atoms with Gasteiger partial charge in [0.1, 0.15) is 11.6 Å². The molecule has 1 aliphatic carbocycles. The minimum atomic E-state index is -0.933. The SMILES string of the molecule is CCn1nc(C(=O)O)c2c1CC[C@@H](NCc1nnc3n1CCCCC3)C2. The summed E-state index contributed by atoms with van der Waals surface area (Å²) in [5.41, 5.74) is 2.19. The summed E-state index contributed by atoms with van der Waals surface area (Å²) >= 11 is 0. The molecular weight excluding hydrogens is 332 g/mol. The number of carbonyl (C=O) groups is 1. The fraction of sp³-hybridized carbons (Fsp3) is 0.667. The maximum atomic E-state index is 11.5. The number of hydrogen-bond acceptors (Lipinski definition) is 5. The van der Waals surface area contributed by atoms with E-state index in [2.05, 4.69) is 25.2 Å². The maximum Gasteiger partial charge on any atom is 0.356 e. The van der Waals surface area contributed by atoms with E-state index in [4.69, 9.17) is 0 Å². The first kappa shape index (κ1) is 17.2. The second-order valence-corrected chi connectivity index (χ2v) is 7.21. The van der Waals surface area contributed by atoms with Crippen LogP contribution in [0.2, 0.25) is 0 Å². The number of rotatable bonds is 5. The third kappa shape index (κ3) is 3.13. The van der Waals surface area contributed by atoms with Gasteiger partial charge in [-0.05, 0) is 39.0 Å². The van der Waals surface area contributed by atoms with Crippen molar-refractivity contribution >= 4 is 5.97 Å². The smallest absolute Gasteiger partial charge is 0.356 e. The van der Waals surface area contributed by atoms with Crippen LogP contribution in [0.1, 0.15) is 66.0 Å². The predicted octanol–water partition coefficient (Wildman–Crippen LogP) is 1.57. The molecule has 2 aliphatic rings. The van der Waals surface area contributed by atoms with Gasteiger partial charge < -0.3 is 15.0 Å². The Kier molecular flexibility index (Phi) is 4.76. The van der Waals surface area contributed by atoms with Crippen molar-refractivity contribution in [2.75, 3.05) is 0 Å². The lowest BCUT2D eigenvalue weighted by molar-refractivity contribution is 0.0688. The van der Waals surface area contributed by atoms with E-state index in [-0.39, 0.29) is 11.7 Å². The van der Waals surface area contributed by atoms with Crippen molar-refractivity contribution in [2.24, 2.45) is 0 Å². The third-order valence-electron chi connectivity index (χ3n) is 5.58. The molecule has 8 heteroatoms. The normalized spacial score (nSPS) is 19.7. The molecule has 1 atom stereocenters. The van der Waals surface area contributed by atoms with Crippen LogP contribution in [0, 0.1) is 0 Å². The first-order valence-electron chi connectivity index (χ1n) is 9.63. The van der Waals surface area contributed by atoms with Gasteiger partial charge in [-0.1, -0.05) is 6.42 Å². The molecule has 0 radical (unpaired) electrons. The van der Waals surface area contributed by atoms with Crippen molar-refractivity contribution in [3.05, 3.63) is 28.6 Å². The zero-order valence-electron chi connectivity index (χ0n) is 15.2. The molecule has 140 valence electrons. The first-order chi connectivity index (χ1) is 12.7. The Labute approximate surface area is 152 Å². The number of aromatic carboxylic acids is 1. The summed E-state index contributed by atoms with van der Waals surface area (Å²) in [7, 11) is 0. The number of aromatic nitrogens is 5. The van der Waals surface area contributed by atoms with Crippen LogP contribution in [-0.4, -0.2) is 41.7 Å². The quantitative estimate of drug-likeness (QED) is 0.842. The average molecular weight is 358 g/mol. The Morgan fingerprint density at radius 1 is 1.27 bits per heavy atom. The third-order valence-corrected chi connectivity index (χ3v) is 5.58. The van der Waals surface area contributed by atoms with Crippen LogP contribution in [-0.2, 0) is 38.9 Å². The summed E-state index contributed by atoms with van der Waals surface area (Å²) in [6.07, 6.45) is 7.19. The Balaban J connectivity index is 1.46. The van der Waals surface area contributed by atoms with Gasteiger partial charge in [-0.25, -0.2) is 4.79 Å². The van der Waals surface area contributed by atoms with Gasteiger partial charge in [-0.3, -0.25) is 4.68 Å². The van der Waals surface area contributed by atoms with Crippen LogP contribution in [0.5, 0.6) is 0 Å². The molecule has 0 amide bonds. The minimum absolute atomic E-state index is 0.213. The lowest BCUT2D eigenvalue weighted by Crippen LogP contribution is -2.35. The summed E-state index contributed by atoms with van der Waals surface area (Å²) in [5.74, 6) is 1.16. The Hall–Kier alpha value is -2.22. The molecule has 2 aromatic rings. The van der Waals surface area contributed by atoms with E-state index in [1.807, 2.05) is 11.6 Å². The van der Waals surface area contributed by atoms with Gasteiger partial charge in [-0.15, -0.1) is 10.2 Å². The molecule has 4 rings (SSSR count). The summed E-state index contributed by atoms with van der Waals surface area (Å²) < 4.78 is 4.10. The van der Waals surface area contributed by atoms with Gasteiger partial charge in [0, 0.05) is 36.8 Å². The highest BCUT2D eigenvalue weighted by Gasteiger charge is 2.28. The minimum Gasteiger partial charge on any atom is -0.476 e. The lowest BCUT2D eigenvalue weighted by Gasteiger charge is -2.24. The predicted molar refractivity (Wildman–Crippen MR) is 95.1 cm³/mol. The summed E-state index contributed by atoms with van der Waals surface area (Å²) in [6.45, 7) is 4.39. The molecular formula is C18H26N6O2. The van der Waals surface area contributed by atoms with Crippen molar-refractivity contribution in [3.63, 3.8) is 0 Å². The molecule has 2 N–H and O–H groups in total. The van der Waals surface area contributed by atoms with E-state index in [9.17, 15) is 9.90 Å². The number of nitrogens with one attached hydrogen (secondary N) is 1. The number of fused-ring (bicyclic) bond motifs is 2. The van der Waals surface area contributed by atoms with Gasteiger partial charge in [0.25, 0.3) is 0 Å². The van der Waals surface area contributed by atoms with Gasteiger partial charge in [0.2, 0.25) is 0 Å². The number of carboxylic acid groups (broad SMARTS) is 1. The van der Waals surface area contributed by atoms with Crippen LogP contribution in [0.3, 0.4) is 0 Å². The van der Waals surface area contributed by atoms with Gasteiger partial charge in [0.15, 0.2) is 5.69 Å². The zero-order valence-corrected chi connectivity index (χ0v) is 15.2. The molecule has 0 fully saturated rings. The van der Waals surface area contributed by atoms with E-state index >= 15 is 0 Å². The summed E-state index contributed by atoms with van der Waals surface area (Å²) in [6, 6.07) is 0.244. The molecule has 0 spiro atoms. The van der Waals surface area contributed by atoms with Crippen LogP contribution >= 0.6 is 0 Å². The fourth-order valence-electron chi connectivity index (χ4n) is 4.21. The second-order valence-electron chi connectivity index (χ2n) is 7.21. The van der Waals surface area contributed by atoms with Gasteiger partial charge in [0.05, 0.1) is 6.54 Å². The van der Waals surface area contributed by atoms with E-state index in [0.717, 1.165) is 48.7 Å². The Morgan fingerprint density at radius 2 is 2.15 bits per heavy atom. The van der Waals surface area contributed by atoms with E-state index in [1.165, 1.54) is 19.3 Å². The molecule has 0 unspecified atom stereocenters. The number of carboxylic acids is 1. The lowest BCUT2D eigenvalue weighted by atomic mass is 9.91. The van der Waals surface area contributed by atoms with E-state index < -0.39 is 5.97 Å². The van der Waals surface area contributed by atoms with Crippen molar-refractivity contribution in [1.29, 1.82) is 0 Å². The molecule has 0 saturated heterocycles. The van der Waals surface area contributed by atoms with E-state index in [0.29, 0.717) is 19.5 Å². The zero-order chi connectivity index (χ0) is 18.1. The molecule has 26 heavy (non-hydrogen) atoms. The monoisotopic (exact) mass is 358 g/mol. The summed E-state index contributed by atoms with van der Waals surface area (Å²) in [5, 5.41) is 26.0. The van der Waals surface area contributed by atoms with Gasteiger partial charge >= 0.3 is 5.97 Å². The van der Waals surface area contributed by atoms with E-state index in [1.54, 1.807) is 0 Å². The first-order valence-corrected chi connectivity index (χ1v) is 9.63. The van der Waals surface area contributed by atoms with Crippen molar-refractivity contribution in [2.45, 2.75) is 77.5 Å². The van der Waals surface area contributed by atoms with Crippen LogP contribution < -0.4 is 5.32 Å². The van der Waals surface area contributed by atoms with Gasteiger partial charge in [-0.2, -0.15) is 5.10 Å². The number of hydrogen-bond donors (Lipinski definition) is 2. The molecule has 0 aromatic carbocycles. The molecule has 8 nitrogen and oxygen atoms in total. The highest BCUT2D eigenvalue weighted by atomic mass is 16.4. The molecule has 0 bridgehead atoms. The highest BCUT2D eigenvalue weighted by molar-refractivity contribution is 5.87. The van der Waals surface area contributed by atoms with Crippen LogP contribution in [0.15, 0.2) is 0 Å². The van der Waals surface area contributed by atoms with Crippen LogP contribution in [0.4, 0.5) is 0 Å². The molecule has 2 aromatic heterocycles. The standard InChI is InChI=1S/C18H26N6O2/c1-2-24-14-8-7-12(10-13(14)17(22-24)18(25)26)19-11-16-21-20-15-6-4-3-5-9-23(15)16/h12,19H,2-11H2,1H3,(H,25,26)/t12-/m1/s1. The number of nitrogens with zero attached hydrogens (tertiary/aromatic N) is 5. The second kappa shape index (κ2) is 7.19. The molecule has 1 aliphatic heterocycles. The molecule has 0 saturated carbocycles. The largest absolute Gasteiger partial charge is 0.476 e. The van der Waals surface area contributed by atoms with Crippen molar-refractivity contribution < 1.29 is 9.90 Å². The van der Waals surface area contributed by atoms with Crippen LogP contribution in [0.25, 0.3) is 0 Å². The Morgan fingerprint density at radius 3 is 2.96 bits per heavy atom. The van der Waals surface area contributed by atoms with Crippen molar-refractivity contribution in [1.82, 2.24) is 29.9 Å². The topological polar surface area (TPSA) is 97.9 Å². The highest BCUT2D eigenvalue weighted by Crippen LogP contribution is 2.25. The number of aryl methyl sites for hydroxylation is 2. The molecule has 3 heterocycles. The fourth-order valence-corrected chi connectivity index (χ4v) is 4.21. The van der Waals surface area contributed by atoms with Crippen molar-refractivity contribution in [3.8, 4) is 0 Å². The maximum absolute atomic E-state index is 11.5. The summed E-state index contributed by atoms with van der Waals surface area (Å²) in [4.78, 5) is 11.5.